The third-order valence-corrected chi connectivity index (χ3v) is 3.36. The fourth-order valence-electron chi connectivity index (χ4n) is 1.95. The van der Waals surface area contributed by atoms with Crippen molar-refractivity contribution in [1.82, 2.24) is 0 Å². The topological polar surface area (TPSA) is 60.7 Å². The van der Waals surface area contributed by atoms with Crippen molar-refractivity contribution in [2.45, 2.75) is 6.92 Å². The lowest BCUT2D eigenvalue weighted by atomic mass is 10.1. The van der Waals surface area contributed by atoms with Crippen LogP contribution in [-0.2, 0) is 0 Å². The Morgan fingerprint density at radius 3 is 2.55 bits per heavy atom. The largest absolute Gasteiger partial charge is 0.486 e. The van der Waals surface area contributed by atoms with Gasteiger partial charge in [-0.2, -0.15) is 0 Å². The first-order chi connectivity index (χ1) is 9.63. The van der Waals surface area contributed by atoms with E-state index in [1.165, 1.54) is 0 Å². The Labute approximate surface area is 124 Å². The molecule has 0 spiro atoms. The van der Waals surface area contributed by atoms with Crippen LogP contribution in [0.5, 0.6) is 11.5 Å². The average molecular weight is 338 g/mol. The van der Waals surface area contributed by atoms with E-state index in [2.05, 4.69) is 21.2 Å². The molecule has 0 aliphatic carbocycles. The first kappa shape index (κ1) is 13.1. The summed E-state index contributed by atoms with van der Waals surface area (Å²) in [6.07, 6.45) is 0. The maximum absolute atomic E-state index is 12.0. The van der Waals surface area contributed by atoms with Crippen molar-refractivity contribution in [3.05, 3.63) is 40.3 Å². The van der Waals surface area contributed by atoms with Crippen molar-refractivity contribution in [2.24, 2.45) is 0 Å². The first-order valence-electron chi connectivity index (χ1n) is 6.10. The Bertz CT molecular complexity index is 665. The molecule has 2 aromatic rings. The number of hydrogen-bond donors (Lipinski definition) is 1. The summed E-state index contributed by atoms with van der Waals surface area (Å²) in [5.74, 6) is 1.27. The Hall–Kier alpha value is -1.95. The van der Waals surface area contributed by atoms with Gasteiger partial charge in [-0.3, -0.25) is 4.79 Å². The number of hydrogen-bond acceptors (Lipinski definition) is 4. The number of carbonyl (C=O) groups excluding carboxylic acids is 1. The monoisotopic (exact) mass is 337 g/mol. The molecule has 2 heterocycles. The summed E-state index contributed by atoms with van der Waals surface area (Å²) in [7, 11) is 0. The molecule has 5 nitrogen and oxygen atoms in total. The molecule has 1 aliphatic rings. The van der Waals surface area contributed by atoms with Gasteiger partial charge in [0, 0.05) is 11.8 Å². The predicted molar refractivity (Wildman–Crippen MR) is 76.5 cm³/mol. The zero-order valence-electron chi connectivity index (χ0n) is 10.7. The molecule has 1 amide bonds. The summed E-state index contributed by atoms with van der Waals surface area (Å²) in [6.45, 7) is 2.94. The van der Waals surface area contributed by atoms with E-state index < -0.39 is 0 Å². The number of ether oxygens (including phenoxy) is 2. The van der Waals surface area contributed by atoms with E-state index >= 15 is 0 Å². The van der Waals surface area contributed by atoms with Crippen molar-refractivity contribution in [1.29, 1.82) is 0 Å². The van der Waals surface area contributed by atoms with Crippen LogP contribution in [0.15, 0.2) is 33.4 Å². The Morgan fingerprint density at radius 1 is 1.20 bits per heavy atom. The predicted octanol–water partition coefficient (Wildman–Crippen LogP) is 3.37. The normalized spacial score (nSPS) is 13.1. The van der Waals surface area contributed by atoms with Gasteiger partial charge < -0.3 is 19.2 Å². The number of furan rings is 1. The van der Waals surface area contributed by atoms with Crippen LogP contribution in [0.25, 0.3) is 0 Å². The van der Waals surface area contributed by atoms with Gasteiger partial charge in [0.25, 0.3) is 5.91 Å². The number of carbonyl (C=O) groups is 1. The summed E-state index contributed by atoms with van der Waals surface area (Å²) in [6, 6.07) is 6.89. The second-order valence-corrected chi connectivity index (χ2v) is 5.15. The molecular formula is C14H12BrNO4. The molecule has 1 aromatic heterocycles. The smallest absolute Gasteiger partial charge is 0.291 e. The highest BCUT2D eigenvalue weighted by Crippen LogP contribution is 2.35. The third-order valence-electron chi connectivity index (χ3n) is 2.93. The molecular weight excluding hydrogens is 326 g/mol. The van der Waals surface area contributed by atoms with Crippen molar-refractivity contribution in [3.8, 4) is 11.5 Å². The van der Waals surface area contributed by atoms with Crippen LogP contribution < -0.4 is 14.8 Å². The van der Waals surface area contributed by atoms with Crippen LogP contribution in [0, 0.1) is 6.92 Å². The Balaban J connectivity index is 1.85. The van der Waals surface area contributed by atoms with E-state index in [0.29, 0.717) is 35.1 Å². The Kier molecular flexibility index (Phi) is 3.40. The number of nitrogens with one attached hydrogen (secondary N) is 1. The standard InChI is InChI=1S/C14H12BrNO4/c1-8-6-11-12(19-5-4-18-11)7-9(8)16-14(17)10-2-3-13(15)20-10/h2-3,6-7H,4-5H2,1H3,(H,16,17). The molecule has 1 aliphatic heterocycles. The number of rotatable bonds is 2. The number of aryl methyl sites for hydroxylation is 1. The van der Waals surface area contributed by atoms with Crippen LogP contribution in [0.2, 0.25) is 0 Å². The molecule has 0 radical (unpaired) electrons. The summed E-state index contributed by atoms with van der Waals surface area (Å²) in [5, 5.41) is 2.80. The minimum Gasteiger partial charge on any atom is -0.486 e. The summed E-state index contributed by atoms with van der Waals surface area (Å²) in [4.78, 5) is 12.0. The molecule has 1 N–H and O–H groups in total. The lowest BCUT2D eigenvalue weighted by molar-refractivity contribution is 0.0995. The van der Waals surface area contributed by atoms with Gasteiger partial charge in [0.15, 0.2) is 21.9 Å². The number of benzene rings is 1. The maximum Gasteiger partial charge on any atom is 0.291 e. The van der Waals surface area contributed by atoms with Crippen LogP contribution in [0.4, 0.5) is 5.69 Å². The summed E-state index contributed by atoms with van der Waals surface area (Å²) in [5.41, 5.74) is 1.57. The van der Waals surface area contributed by atoms with Gasteiger partial charge in [-0.05, 0) is 46.6 Å². The highest BCUT2D eigenvalue weighted by Gasteiger charge is 2.17. The van der Waals surface area contributed by atoms with Gasteiger partial charge in [0.2, 0.25) is 0 Å². The fraction of sp³-hybridized carbons (Fsp3) is 0.214. The van der Waals surface area contributed by atoms with Gasteiger partial charge in [0.05, 0.1) is 0 Å². The molecule has 3 rings (SSSR count). The lowest BCUT2D eigenvalue weighted by Gasteiger charge is -2.20. The van der Waals surface area contributed by atoms with Crippen LogP contribution in [0.1, 0.15) is 16.1 Å². The van der Waals surface area contributed by atoms with E-state index in [1.54, 1.807) is 18.2 Å². The molecule has 0 saturated carbocycles. The highest BCUT2D eigenvalue weighted by molar-refractivity contribution is 9.10. The minimum absolute atomic E-state index is 0.242. The number of halogens is 1. The number of anilines is 1. The van der Waals surface area contributed by atoms with Gasteiger partial charge in [0.1, 0.15) is 13.2 Å². The minimum atomic E-state index is -0.310. The molecule has 0 saturated heterocycles. The molecule has 20 heavy (non-hydrogen) atoms. The molecule has 0 fully saturated rings. The van der Waals surface area contributed by atoms with E-state index in [0.717, 1.165) is 5.56 Å². The molecule has 1 aromatic carbocycles. The molecule has 6 heteroatoms. The van der Waals surface area contributed by atoms with Gasteiger partial charge in [-0.1, -0.05) is 0 Å². The molecule has 0 bridgehead atoms. The molecule has 104 valence electrons. The van der Waals surface area contributed by atoms with Crippen molar-refractivity contribution in [2.75, 3.05) is 18.5 Å². The van der Waals surface area contributed by atoms with Gasteiger partial charge in [-0.25, -0.2) is 0 Å². The van der Waals surface area contributed by atoms with Crippen molar-refractivity contribution >= 4 is 27.5 Å². The quantitative estimate of drug-likeness (QED) is 0.912. The van der Waals surface area contributed by atoms with E-state index in [-0.39, 0.29) is 11.7 Å². The maximum atomic E-state index is 12.0. The Morgan fingerprint density at radius 2 is 1.90 bits per heavy atom. The van der Waals surface area contributed by atoms with Crippen LogP contribution >= 0.6 is 15.9 Å². The molecule has 0 atom stereocenters. The van der Waals surface area contributed by atoms with Gasteiger partial charge in [-0.15, -0.1) is 0 Å². The SMILES string of the molecule is Cc1cc2c(cc1NC(=O)c1ccc(Br)o1)OCCO2. The zero-order valence-corrected chi connectivity index (χ0v) is 12.3. The van der Waals surface area contributed by atoms with Crippen LogP contribution in [0.3, 0.4) is 0 Å². The van der Waals surface area contributed by atoms with E-state index in [9.17, 15) is 4.79 Å². The van der Waals surface area contributed by atoms with Crippen LogP contribution in [-0.4, -0.2) is 19.1 Å². The first-order valence-corrected chi connectivity index (χ1v) is 6.90. The second kappa shape index (κ2) is 5.20. The van der Waals surface area contributed by atoms with E-state index in [4.69, 9.17) is 13.9 Å². The third kappa shape index (κ3) is 2.51. The highest BCUT2D eigenvalue weighted by atomic mass is 79.9. The molecule has 0 unspecified atom stereocenters. The van der Waals surface area contributed by atoms with Crippen molar-refractivity contribution < 1.29 is 18.7 Å². The number of amides is 1. The lowest BCUT2D eigenvalue weighted by Crippen LogP contribution is -2.17. The zero-order chi connectivity index (χ0) is 14.1. The van der Waals surface area contributed by atoms with Gasteiger partial charge >= 0.3 is 0 Å². The van der Waals surface area contributed by atoms with E-state index in [1.807, 2.05) is 13.0 Å². The fourth-order valence-corrected chi connectivity index (χ4v) is 2.25. The summed E-state index contributed by atoms with van der Waals surface area (Å²) >= 11 is 3.17. The average Bonchev–Trinajstić information content (AvgIpc) is 2.86. The number of fused-ring (bicyclic) bond motifs is 1. The second-order valence-electron chi connectivity index (χ2n) is 4.37. The summed E-state index contributed by atoms with van der Waals surface area (Å²) < 4.78 is 16.7. The van der Waals surface area contributed by atoms with Crippen molar-refractivity contribution in [3.63, 3.8) is 0 Å².